The number of nitrogens with two attached hydrogens (primary N) is 1. The number of benzene rings is 2. The Morgan fingerprint density at radius 1 is 1.30 bits per heavy atom. The first-order valence-electron chi connectivity index (χ1n) is 6.24. The molecule has 0 bridgehead atoms. The molecule has 0 atom stereocenters. The Morgan fingerprint density at radius 2 is 2.15 bits per heavy atom. The molecule has 3 rings (SSSR count). The lowest BCUT2D eigenvalue weighted by atomic mass is 10.1. The first-order valence-corrected chi connectivity index (χ1v) is 6.24. The van der Waals surface area contributed by atoms with Crippen molar-refractivity contribution in [1.82, 2.24) is 10.2 Å². The van der Waals surface area contributed by atoms with Gasteiger partial charge in [0.2, 0.25) is 0 Å². The third kappa shape index (κ3) is 2.21. The second-order valence-corrected chi connectivity index (χ2v) is 4.72. The largest absolute Gasteiger partial charge is 0.399 e. The minimum atomic E-state index is -0.186. The highest BCUT2D eigenvalue weighted by molar-refractivity contribution is 6.09. The van der Waals surface area contributed by atoms with Gasteiger partial charge in [0.05, 0.1) is 17.4 Å². The van der Waals surface area contributed by atoms with Crippen molar-refractivity contribution in [3.63, 3.8) is 0 Å². The molecule has 0 saturated heterocycles. The van der Waals surface area contributed by atoms with Gasteiger partial charge in [-0.05, 0) is 42.8 Å². The molecular formula is C15H14N4O. The molecule has 0 unspecified atom stereocenters. The summed E-state index contributed by atoms with van der Waals surface area (Å²) < 4.78 is 0. The van der Waals surface area contributed by atoms with E-state index in [1.807, 2.05) is 31.2 Å². The van der Waals surface area contributed by atoms with E-state index in [0.717, 1.165) is 22.2 Å². The van der Waals surface area contributed by atoms with E-state index in [0.29, 0.717) is 11.3 Å². The van der Waals surface area contributed by atoms with Crippen molar-refractivity contribution in [2.24, 2.45) is 0 Å². The van der Waals surface area contributed by atoms with Gasteiger partial charge >= 0.3 is 0 Å². The first-order chi connectivity index (χ1) is 9.63. The van der Waals surface area contributed by atoms with Crippen molar-refractivity contribution in [2.75, 3.05) is 11.1 Å². The van der Waals surface area contributed by atoms with Crippen molar-refractivity contribution in [3.8, 4) is 0 Å². The van der Waals surface area contributed by atoms with Crippen molar-refractivity contribution in [2.45, 2.75) is 6.92 Å². The molecule has 5 heteroatoms. The molecule has 5 nitrogen and oxygen atoms in total. The van der Waals surface area contributed by atoms with Crippen molar-refractivity contribution in [1.29, 1.82) is 0 Å². The number of carbonyl (C=O) groups excluding carboxylic acids is 1. The molecular weight excluding hydrogens is 252 g/mol. The fourth-order valence-electron chi connectivity index (χ4n) is 2.22. The quantitative estimate of drug-likeness (QED) is 0.623. The van der Waals surface area contributed by atoms with Crippen LogP contribution in [0.3, 0.4) is 0 Å². The fourth-order valence-corrected chi connectivity index (χ4v) is 2.22. The summed E-state index contributed by atoms with van der Waals surface area (Å²) in [6.07, 6.45) is 1.69. The number of fused-ring (bicyclic) bond motifs is 1. The van der Waals surface area contributed by atoms with E-state index in [4.69, 9.17) is 5.73 Å². The number of hydrogen-bond acceptors (Lipinski definition) is 3. The molecule has 100 valence electrons. The number of H-pyrrole nitrogens is 1. The van der Waals surface area contributed by atoms with Crippen molar-refractivity contribution < 1.29 is 4.79 Å². The van der Waals surface area contributed by atoms with Gasteiger partial charge in [-0.2, -0.15) is 5.10 Å². The maximum absolute atomic E-state index is 12.3. The average molecular weight is 266 g/mol. The average Bonchev–Trinajstić information content (AvgIpc) is 2.87. The maximum atomic E-state index is 12.3. The van der Waals surface area contributed by atoms with E-state index in [-0.39, 0.29) is 5.91 Å². The molecule has 0 spiro atoms. The molecule has 0 saturated carbocycles. The topological polar surface area (TPSA) is 83.8 Å². The third-order valence-corrected chi connectivity index (χ3v) is 3.09. The summed E-state index contributed by atoms with van der Waals surface area (Å²) in [5, 5.41) is 10.6. The highest BCUT2D eigenvalue weighted by atomic mass is 16.1. The number of nitrogens with one attached hydrogen (secondary N) is 2. The highest BCUT2D eigenvalue weighted by Gasteiger charge is 2.10. The van der Waals surface area contributed by atoms with E-state index in [2.05, 4.69) is 15.5 Å². The summed E-state index contributed by atoms with van der Waals surface area (Å²) in [4.78, 5) is 12.3. The van der Waals surface area contributed by atoms with E-state index < -0.39 is 0 Å². The number of hydrogen-bond donors (Lipinski definition) is 3. The van der Waals surface area contributed by atoms with Crippen LogP contribution in [0.2, 0.25) is 0 Å². The number of nitrogen functional groups attached to an aromatic ring is 1. The van der Waals surface area contributed by atoms with Crippen LogP contribution in [0.15, 0.2) is 42.6 Å². The molecule has 0 radical (unpaired) electrons. The third-order valence-electron chi connectivity index (χ3n) is 3.09. The highest BCUT2D eigenvalue weighted by Crippen LogP contribution is 2.22. The Labute approximate surface area is 115 Å². The molecule has 0 aliphatic rings. The Hall–Kier alpha value is -2.82. The number of nitrogens with zero attached hydrogens (tertiary/aromatic N) is 1. The van der Waals surface area contributed by atoms with Crippen LogP contribution in [0.1, 0.15) is 15.9 Å². The van der Waals surface area contributed by atoms with Gasteiger partial charge in [-0.3, -0.25) is 9.89 Å². The van der Waals surface area contributed by atoms with Gasteiger partial charge in [0.15, 0.2) is 0 Å². The molecule has 1 amide bonds. The van der Waals surface area contributed by atoms with Gasteiger partial charge in [-0.1, -0.05) is 6.07 Å². The van der Waals surface area contributed by atoms with Gasteiger partial charge in [-0.25, -0.2) is 0 Å². The van der Waals surface area contributed by atoms with Crippen LogP contribution in [0.5, 0.6) is 0 Å². The van der Waals surface area contributed by atoms with Crippen LogP contribution in [0.25, 0.3) is 10.9 Å². The van der Waals surface area contributed by atoms with E-state index in [1.165, 1.54) is 0 Å². The molecule has 4 N–H and O–H groups in total. The fraction of sp³-hybridized carbons (Fsp3) is 0.0667. The van der Waals surface area contributed by atoms with Crippen LogP contribution in [0, 0.1) is 6.92 Å². The van der Waals surface area contributed by atoms with Gasteiger partial charge in [0.25, 0.3) is 5.91 Å². The standard InChI is InChI=1S/C15H14N4O/c1-9-5-10(7-11(16)6-9)15(20)18-13-3-2-4-14-12(13)8-17-19-14/h2-8H,16H2,1H3,(H,17,19)(H,18,20). The SMILES string of the molecule is Cc1cc(N)cc(C(=O)Nc2cccc3[nH]ncc23)c1. The molecule has 3 aromatic rings. The minimum absolute atomic E-state index is 0.186. The minimum Gasteiger partial charge on any atom is -0.399 e. The summed E-state index contributed by atoms with van der Waals surface area (Å²) in [6.45, 7) is 1.91. The molecule has 1 heterocycles. The normalized spacial score (nSPS) is 10.7. The van der Waals surface area contributed by atoms with E-state index in [9.17, 15) is 4.79 Å². The smallest absolute Gasteiger partial charge is 0.255 e. The molecule has 0 aliphatic heterocycles. The van der Waals surface area contributed by atoms with Crippen LogP contribution in [0.4, 0.5) is 11.4 Å². The number of rotatable bonds is 2. The number of aryl methyl sites for hydroxylation is 1. The Morgan fingerprint density at radius 3 is 2.95 bits per heavy atom. The molecule has 1 aromatic heterocycles. The molecule has 0 fully saturated rings. The lowest BCUT2D eigenvalue weighted by molar-refractivity contribution is 0.102. The van der Waals surface area contributed by atoms with Crippen molar-refractivity contribution >= 4 is 28.2 Å². The van der Waals surface area contributed by atoms with Gasteiger partial charge < -0.3 is 11.1 Å². The van der Waals surface area contributed by atoms with Gasteiger partial charge in [0, 0.05) is 16.6 Å². The first kappa shape index (κ1) is 12.2. The summed E-state index contributed by atoms with van der Waals surface area (Å²) >= 11 is 0. The second-order valence-electron chi connectivity index (χ2n) is 4.72. The monoisotopic (exact) mass is 266 g/mol. The van der Waals surface area contributed by atoms with E-state index >= 15 is 0 Å². The molecule has 2 aromatic carbocycles. The summed E-state index contributed by atoms with van der Waals surface area (Å²) in [5.74, 6) is -0.186. The molecule has 0 aliphatic carbocycles. The van der Waals surface area contributed by atoms with E-state index in [1.54, 1.807) is 18.3 Å². The predicted molar refractivity (Wildman–Crippen MR) is 79.6 cm³/mol. The number of aromatic amines is 1. The number of aromatic nitrogens is 2. The lowest BCUT2D eigenvalue weighted by Crippen LogP contribution is -2.12. The Balaban J connectivity index is 1.94. The van der Waals surface area contributed by atoms with Gasteiger partial charge in [0.1, 0.15) is 0 Å². The zero-order chi connectivity index (χ0) is 14.1. The van der Waals surface area contributed by atoms with Crippen molar-refractivity contribution in [3.05, 3.63) is 53.7 Å². The van der Waals surface area contributed by atoms with Gasteiger partial charge in [-0.15, -0.1) is 0 Å². The van der Waals surface area contributed by atoms with Crippen LogP contribution < -0.4 is 11.1 Å². The maximum Gasteiger partial charge on any atom is 0.255 e. The number of amides is 1. The summed E-state index contributed by atoms with van der Waals surface area (Å²) in [7, 11) is 0. The summed E-state index contributed by atoms with van der Waals surface area (Å²) in [5.41, 5.74) is 9.45. The zero-order valence-corrected chi connectivity index (χ0v) is 11.0. The van der Waals surface area contributed by atoms with Crippen LogP contribution in [-0.2, 0) is 0 Å². The number of carbonyl (C=O) groups is 1. The van der Waals surface area contributed by atoms with Crippen LogP contribution in [-0.4, -0.2) is 16.1 Å². The number of anilines is 2. The zero-order valence-electron chi connectivity index (χ0n) is 11.0. The van der Waals surface area contributed by atoms with Crippen LogP contribution >= 0.6 is 0 Å². The Kier molecular flexibility index (Phi) is 2.87. The lowest BCUT2D eigenvalue weighted by Gasteiger charge is -2.08. The Bertz CT molecular complexity index is 771. The molecule has 20 heavy (non-hydrogen) atoms. The second kappa shape index (κ2) is 4.70. The summed E-state index contributed by atoms with van der Waals surface area (Å²) in [6, 6.07) is 10.9. The predicted octanol–water partition coefficient (Wildman–Crippen LogP) is 2.71.